The Labute approximate surface area is 156 Å². The topological polar surface area (TPSA) is 73.3 Å². The van der Waals surface area contributed by atoms with E-state index in [2.05, 4.69) is 7.05 Å². The SMILES string of the molecule is Cc1c(O)ccc2c(C[NH+](C)C[C@@H]3COc4ccccc4O3)cc(=O)oc12. The van der Waals surface area contributed by atoms with Gasteiger partial charge >= 0.3 is 5.63 Å². The van der Waals surface area contributed by atoms with E-state index in [1.807, 2.05) is 24.3 Å². The van der Waals surface area contributed by atoms with Gasteiger partial charge in [-0.2, -0.15) is 0 Å². The van der Waals surface area contributed by atoms with Crippen LogP contribution >= 0.6 is 0 Å². The van der Waals surface area contributed by atoms with Gasteiger partial charge in [-0.3, -0.25) is 0 Å². The highest BCUT2D eigenvalue weighted by Gasteiger charge is 2.24. The van der Waals surface area contributed by atoms with Gasteiger partial charge in [-0.05, 0) is 31.2 Å². The maximum atomic E-state index is 12.0. The summed E-state index contributed by atoms with van der Waals surface area (Å²) in [5.41, 5.74) is 1.49. The molecule has 6 nitrogen and oxygen atoms in total. The minimum Gasteiger partial charge on any atom is -0.508 e. The molecule has 2 N–H and O–H groups in total. The van der Waals surface area contributed by atoms with E-state index in [9.17, 15) is 9.90 Å². The van der Waals surface area contributed by atoms with Gasteiger partial charge in [0.1, 0.15) is 31.0 Å². The predicted molar refractivity (Wildman–Crippen MR) is 101 cm³/mol. The monoisotopic (exact) mass is 368 g/mol. The molecule has 2 aromatic carbocycles. The van der Waals surface area contributed by atoms with Crippen molar-refractivity contribution in [3.63, 3.8) is 0 Å². The first-order chi connectivity index (χ1) is 13.0. The van der Waals surface area contributed by atoms with Gasteiger partial charge in [0.05, 0.1) is 7.05 Å². The van der Waals surface area contributed by atoms with E-state index in [0.717, 1.165) is 29.0 Å². The van der Waals surface area contributed by atoms with Crippen LogP contribution in [0.5, 0.6) is 17.2 Å². The zero-order chi connectivity index (χ0) is 19.0. The number of quaternary nitrogens is 1. The van der Waals surface area contributed by atoms with E-state index in [-0.39, 0.29) is 11.9 Å². The largest absolute Gasteiger partial charge is 0.508 e. The number of rotatable bonds is 4. The van der Waals surface area contributed by atoms with Crippen LogP contribution in [-0.4, -0.2) is 31.4 Å². The third kappa shape index (κ3) is 3.48. The van der Waals surface area contributed by atoms with Gasteiger partial charge in [0.15, 0.2) is 17.6 Å². The average molecular weight is 368 g/mol. The summed E-state index contributed by atoms with van der Waals surface area (Å²) in [5, 5.41) is 10.7. The van der Waals surface area contributed by atoms with Crippen LogP contribution in [0.25, 0.3) is 11.0 Å². The summed E-state index contributed by atoms with van der Waals surface area (Å²) >= 11 is 0. The summed E-state index contributed by atoms with van der Waals surface area (Å²) in [6.07, 6.45) is -0.0583. The third-order valence-electron chi connectivity index (χ3n) is 4.85. The molecule has 0 amide bonds. The Bertz CT molecular complexity index is 1040. The number of nitrogens with one attached hydrogen (secondary N) is 1. The maximum Gasteiger partial charge on any atom is 0.336 e. The zero-order valence-electron chi connectivity index (χ0n) is 15.3. The zero-order valence-corrected chi connectivity index (χ0v) is 15.3. The summed E-state index contributed by atoms with van der Waals surface area (Å²) in [4.78, 5) is 13.2. The molecule has 4 rings (SSSR count). The number of aryl methyl sites for hydroxylation is 1. The van der Waals surface area contributed by atoms with Crippen LogP contribution in [0.2, 0.25) is 0 Å². The van der Waals surface area contributed by atoms with E-state index in [4.69, 9.17) is 13.9 Å². The van der Waals surface area contributed by atoms with Crippen molar-refractivity contribution < 1.29 is 23.9 Å². The lowest BCUT2D eigenvalue weighted by Gasteiger charge is -2.28. The van der Waals surface area contributed by atoms with Crippen LogP contribution in [0.4, 0.5) is 0 Å². The predicted octanol–water partition coefficient (Wildman–Crippen LogP) is 1.66. The Morgan fingerprint density at radius 1 is 1.19 bits per heavy atom. The van der Waals surface area contributed by atoms with Crippen molar-refractivity contribution in [2.75, 3.05) is 20.2 Å². The summed E-state index contributed by atoms with van der Waals surface area (Å²) in [6, 6.07) is 12.6. The Kier molecular flexibility index (Phi) is 4.49. The van der Waals surface area contributed by atoms with Crippen LogP contribution in [0.15, 0.2) is 51.7 Å². The number of likely N-dealkylation sites (N-methyl/N-ethyl adjacent to an activating group) is 1. The number of benzene rings is 2. The Balaban J connectivity index is 1.53. The Morgan fingerprint density at radius 2 is 1.96 bits per heavy atom. The van der Waals surface area contributed by atoms with Crippen LogP contribution in [0.3, 0.4) is 0 Å². The molecule has 2 heterocycles. The molecule has 1 aliphatic rings. The first-order valence-electron chi connectivity index (χ1n) is 8.96. The molecule has 140 valence electrons. The Hall–Kier alpha value is -2.99. The number of fused-ring (bicyclic) bond motifs is 2. The Morgan fingerprint density at radius 3 is 2.78 bits per heavy atom. The minimum absolute atomic E-state index is 0.0583. The first kappa shape index (κ1) is 17.4. The highest BCUT2D eigenvalue weighted by atomic mass is 16.6. The second kappa shape index (κ2) is 6.96. The summed E-state index contributed by atoms with van der Waals surface area (Å²) < 4.78 is 17.1. The third-order valence-corrected chi connectivity index (χ3v) is 4.85. The van der Waals surface area contributed by atoms with E-state index in [0.29, 0.717) is 24.3 Å². The van der Waals surface area contributed by atoms with Crippen LogP contribution < -0.4 is 20.0 Å². The van der Waals surface area contributed by atoms with E-state index in [1.54, 1.807) is 19.1 Å². The second-order valence-electron chi connectivity index (χ2n) is 7.01. The molecule has 6 heteroatoms. The lowest BCUT2D eigenvalue weighted by atomic mass is 10.1. The molecule has 0 bridgehead atoms. The molecular formula is C21H22NO5+. The van der Waals surface area contributed by atoms with Gasteiger partial charge in [-0.25, -0.2) is 4.79 Å². The fraction of sp³-hybridized carbons (Fsp3) is 0.286. The van der Waals surface area contributed by atoms with E-state index in [1.165, 1.54) is 11.0 Å². The van der Waals surface area contributed by atoms with Crippen LogP contribution in [-0.2, 0) is 6.54 Å². The molecule has 0 radical (unpaired) electrons. The number of phenolic OH excluding ortho intramolecular Hbond substituents is 1. The van der Waals surface area contributed by atoms with E-state index < -0.39 is 5.63 Å². The summed E-state index contributed by atoms with van der Waals surface area (Å²) in [5.74, 6) is 1.65. The number of hydrogen-bond donors (Lipinski definition) is 2. The fourth-order valence-electron chi connectivity index (χ4n) is 3.51. The maximum absolute atomic E-state index is 12.0. The molecule has 2 atom stereocenters. The molecule has 0 aliphatic carbocycles. The van der Waals surface area contributed by atoms with Crippen molar-refractivity contribution in [2.24, 2.45) is 0 Å². The molecular weight excluding hydrogens is 346 g/mol. The minimum atomic E-state index is -0.412. The smallest absolute Gasteiger partial charge is 0.336 e. The molecule has 27 heavy (non-hydrogen) atoms. The summed E-state index contributed by atoms with van der Waals surface area (Å²) in [6.45, 7) is 3.60. The quantitative estimate of drug-likeness (QED) is 0.686. The lowest BCUT2D eigenvalue weighted by Crippen LogP contribution is -3.09. The number of para-hydroxylation sites is 2. The number of hydrogen-bond acceptors (Lipinski definition) is 5. The van der Waals surface area contributed by atoms with Crippen LogP contribution in [0, 0.1) is 6.92 Å². The first-order valence-corrected chi connectivity index (χ1v) is 8.96. The van der Waals surface area contributed by atoms with E-state index >= 15 is 0 Å². The standard InChI is InChI=1S/C21H21NO5/c1-13-17(23)8-7-16-14(9-20(24)27-21(13)16)10-22(2)11-15-12-25-18-5-3-4-6-19(18)26-15/h3-9,15,23H,10-12H2,1-2H3/p+1/t15-/m1/s1. The van der Waals surface area contributed by atoms with Crippen LogP contribution in [0.1, 0.15) is 11.1 Å². The van der Waals surface area contributed by atoms with Crippen molar-refractivity contribution in [3.8, 4) is 17.2 Å². The van der Waals surface area contributed by atoms with Crippen molar-refractivity contribution in [1.82, 2.24) is 0 Å². The van der Waals surface area contributed by atoms with Gasteiger partial charge in [0.2, 0.25) is 0 Å². The highest BCUT2D eigenvalue weighted by Crippen LogP contribution is 2.30. The molecule has 0 fully saturated rings. The molecule has 1 aliphatic heterocycles. The van der Waals surface area contributed by atoms with Crippen molar-refractivity contribution in [3.05, 3.63) is 64.0 Å². The number of phenols is 1. The van der Waals surface area contributed by atoms with Gasteiger partial charge in [0.25, 0.3) is 0 Å². The van der Waals surface area contributed by atoms with Crippen molar-refractivity contribution in [1.29, 1.82) is 0 Å². The number of aromatic hydroxyl groups is 1. The molecule has 0 saturated carbocycles. The number of ether oxygens (including phenoxy) is 2. The average Bonchev–Trinajstić information content (AvgIpc) is 2.65. The molecule has 0 spiro atoms. The van der Waals surface area contributed by atoms with Gasteiger partial charge < -0.3 is 23.9 Å². The summed E-state index contributed by atoms with van der Waals surface area (Å²) in [7, 11) is 2.05. The fourth-order valence-corrected chi connectivity index (χ4v) is 3.51. The van der Waals surface area contributed by atoms with Gasteiger partial charge in [-0.1, -0.05) is 12.1 Å². The molecule has 1 aromatic heterocycles. The lowest BCUT2D eigenvalue weighted by molar-refractivity contribution is -0.896. The molecule has 0 saturated heterocycles. The van der Waals surface area contributed by atoms with Crippen molar-refractivity contribution >= 4 is 11.0 Å². The molecule has 3 aromatic rings. The highest BCUT2D eigenvalue weighted by molar-refractivity contribution is 5.84. The van der Waals surface area contributed by atoms with Gasteiger partial charge in [-0.15, -0.1) is 0 Å². The normalized spacial score (nSPS) is 17.0. The molecule has 1 unspecified atom stereocenters. The van der Waals surface area contributed by atoms with Crippen molar-refractivity contribution in [2.45, 2.75) is 19.6 Å². The second-order valence-corrected chi connectivity index (χ2v) is 7.01. The van der Waals surface area contributed by atoms with Gasteiger partial charge in [0, 0.05) is 22.6 Å².